The Bertz CT molecular complexity index is 331. The molecule has 0 spiro atoms. The first kappa shape index (κ1) is 10.6. The molecule has 0 saturated carbocycles. The molecular weight excluding hydrogens is 281 g/mol. The number of rotatable bonds is 2. The van der Waals surface area contributed by atoms with Crippen molar-refractivity contribution in [3.05, 3.63) is 20.5 Å². The standard InChI is InChI=1S/C9H12INO2/c1-4-13-9(12)7-5(2)6(3)8(10)11-7/h11H,4H2,1-3H3. The summed E-state index contributed by atoms with van der Waals surface area (Å²) < 4.78 is 5.90. The second kappa shape index (κ2) is 4.13. The van der Waals surface area contributed by atoms with Crippen LogP contribution in [0.2, 0.25) is 0 Å². The van der Waals surface area contributed by atoms with Gasteiger partial charge in [0.15, 0.2) is 0 Å². The number of ether oxygens (including phenoxy) is 1. The van der Waals surface area contributed by atoms with Crippen molar-refractivity contribution in [1.82, 2.24) is 4.98 Å². The quantitative estimate of drug-likeness (QED) is 0.672. The predicted molar refractivity (Wildman–Crippen MR) is 58.9 cm³/mol. The van der Waals surface area contributed by atoms with Crippen molar-refractivity contribution in [3.63, 3.8) is 0 Å². The van der Waals surface area contributed by atoms with Crippen LogP contribution in [0.15, 0.2) is 0 Å². The second-order valence-electron chi connectivity index (χ2n) is 2.78. The van der Waals surface area contributed by atoms with Crippen molar-refractivity contribution in [1.29, 1.82) is 0 Å². The van der Waals surface area contributed by atoms with E-state index in [1.54, 1.807) is 6.92 Å². The van der Waals surface area contributed by atoms with Gasteiger partial charge in [0, 0.05) is 0 Å². The van der Waals surface area contributed by atoms with Crippen molar-refractivity contribution >= 4 is 28.6 Å². The molecule has 1 aromatic rings. The summed E-state index contributed by atoms with van der Waals surface area (Å²) in [5.41, 5.74) is 2.66. The highest BCUT2D eigenvalue weighted by atomic mass is 127. The minimum absolute atomic E-state index is 0.272. The lowest BCUT2D eigenvalue weighted by atomic mass is 10.2. The molecule has 1 heterocycles. The Labute approximate surface area is 91.0 Å². The van der Waals surface area contributed by atoms with E-state index in [9.17, 15) is 4.79 Å². The molecule has 0 aliphatic carbocycles. The smallest absolute Gasteiger partial charge is 0.355 e. The van der Waals surface area contributed by atoms with Crippen LogP contribution in [-0.4, -0.2) is 17.6 Å². The summed E-state index contributed by atoms with van der Waals surface area (Å²) >= 11 is 2.17. The van der Waals surface area contributed by atoms with E-state index < -0.39 is 0 Å². The summed E-state index contributed by atoms with van der Waals surface area (Å²) in [5.74, 6) is -0.272. The number of aromatic amines is 1. The highest BCUT2D eigenvalue weighted by molar-refractivity contribution is 14.1. The molecular formula is C9H12INO2. The number of nitrogens with one attached hydrogen (secondary N) is 1. The number of halogens is 1. The maximum atomic E-state index is 11.4. The van der Waals surface area contributed by atoms with Crippen LogP contribution in [0.25, 0.3) is 0 Å². The minimum Gasteiger partial charge on any atom is -0.461 e. The first-order valence-corrected chi connectivity index (χ1v) is 5.17. The monoisotopic (exact) mass is 293 g/mol. The van der Waals surface area contributed by atoms with E-state index in [1.165, 1.54) is 0 Å². The Morgan fingerprint density at radius 1 is 1.46 bits per heavy atom. The summed E-state index contributed by atoms with van der Waals surface area (Å²) in [6, 6.07) is 0. The Hall–Kier alpha value is -0.520. The lowest BCUT2D eigenvalue weighted by molar-refractivity contribution is 0.0519. The third-order valence-corrected chi connectivity index (χ3v) is 3.06. The van der Waals surface area contributed by atoms with Gasteiger partial charge in [0.25, 0.3) is 0 Å². The molecule has 1 aromatic heterocycles. The first-order valence-electron chi connectivity index (χ1n) is 4.09. The molecule has 72 valence electrons. The zero-order valence-electron chi connectivity index (χ0n) is 7.90. The van der Waals surface area contributed by atoms with E-state index in [1.807, 2.05) is 13.8 Å². The topological polar surface area (TPSA) is 42.1 Å². The van der Waals surface area contributed by atoms with Gasteiger partial charge in [0.05, 0.1) is 10.3 Å². The number of esters is 1. The third-order valence-electron chi connectivity index (χ3n) is 1.98. The molecule has 4 heteroatoms. The fourth-order valence-corrected chi connectivity index (χ4v) is 1.73. The maximum Gasteiger partial charge on any atom is 0.355 e. The van der Waals surface area contributed by atoms with Crippen LogP contribution < -0.4 is 0 Å². The average Bonchev–Trinajstić information content (AvgIpc) is 2.33. The third kappa shape index (κ3) is 2.04. The minimum atomic E-state index is -0.272. The molecule has 0 unspecified atom stereocenters. The molecule has 1 rings (SSSR count). The fraction of sp³-hybridized carbons (Fsp3) is 0.444. The molecule has 0 aliphatic heterocycles. The lowest BCUT2D eigenvalue weighted by Crippen LogP contribution is -2.06. The van der Waals surface area contributed by atoms with Gasteiger partial charge in [0.2, 0.25) is 0 Å². The number of carbonyl (C=O) groups excluding carboxylic acids is 1. The van der Waals surface area contributed by atoms with E-state index in [0.717, 1.165) is 14.8 Å². The van der Waals surface area contributed by atoms with Crippen LogP contribution in [0.3, 0.4) is 0 Å². The van der Waals surface area contributed by atoms with Gasteiger partial charge < -0.3 is 9.72 Å². The second-order valence-corrected chi connectivity index (χ2v) is 3.86. The van der Waals surface area contributed by atoms with Crippen LogP contribution >= 0.6 is 22.6 Å². The predicted octanol–water partition coefficient (Wildman–Crippen LogP) is 2.41. The van der Waals surface area contributed by atoms with Crippen LogP contribution in [0.1, 0.15) is 28.5 Å². The Morgan fingerprint density at radius 3 is 2.46 bits per heavy atom. The zero-order chi connectivity index (χ0) is 10.0. The van der Waals surface area contributed by atoms with Gasteiger partial charge in [-0.1, -0.05) is 0 Å². The molecule has 0 fully saturated rings. The van der Waals surface area contributed by atoms with Crippen molar-refractivity contribution in [2.24, 2.45) is 0 Å². The summed E-state index contributed by atoms with van der Waals surface area (Å²) in [6.07, 6.45) is 0. The van der Waals surface area contributed by atoms with Crippen LogP contribution in [0.5, 0.6) is 0 Å². The van der Waals surface area contributed by atoms with Gasteiger partial charge in [-0.05, 0) is 54.5 Å². The Morgan fingerprint density at radius 2 is 2.08 bits per heavy atom. The molecule has 0 amide bonds. The first-order chi connectivity index (χ1) is 6.07. The number of hydrogen-bond donors (Lipinski definition) is 1. The summed E-state index contributed by atoms with van der Waals surface area (Å²) in [7, 11) is 0. The maximum absolute atomic E-state index is 11.4. The molecule has 0 saturated heterocycles. The highest BCUT2D eigenvalue weighted by Gasteiger charge is 2.15. The molecule has 0 atom stereocenters. The zero-order valence-corrected chi connectivity index (χ0v) is 10.1. The average molecular weight is 293 g/mol. The van der Waals surface area contributed by atoms with Gasteiger partial charge >= 0.3 is 5.97 Å². The van der Waals surface area contributed by atoms with Crippen molar-refractivity contribution in [2.45, 2.75) is 20.8 Å². The summed E-state index contributed by atoms with van der Waals surface area (Å²) in [4.78, 5) is 14.4. The highest BCUT2D eigenvalue weighted by Crippen LogP contribution is 2.19. The van der Waals surface area contributed by atoms with Crippen molar-refractivity contribution < 1.29 is 9.53 Å². The summed E-state index contributed by atoms with van der Waals surface area (Å²) in [6.45, 7) is 6.11. The molecule has 13 heavy (non-hydrogen) atoms. The molecule has 0 radical (unpaired) electrons. The van der Waals surface area contributed by atoms with E-state index >= 15 is 0 Å². The molecule has 3 nitrogen and oxygen atoms in total. The van der Waals surface area contributed by atoms with E-state index in [0.29, 0.717) is 12.3 Å². The van der Waals surface area contributed by atoms with Gasteiger partial charge in [-0.3, -0.25) is 0 Å². The van der Waals surface area contributed by atoms with Crippen LogP contribution in [-0.2, 0) is 4.74 Å². The SMILES string of the molecule is CCOC(=O)c1[nH]c(I)c(C)c1C. The van der Waals surface area contributed by atoms with Crippen molar-refractivity contribution in [3.8, 4) is 0 Å². The number of aromatic nitrogens is 1. The Balaban J connectivity index is 3.01. The molecule has 0 bridgehead atoms. The number of carbonyl (C=O) groups is 1. The lowest BCUT2D eigenvalue weighted by Gasteiger charge is -1.99. The molecule has 1 N–H and O–H groups in total. The fourth-order valence-electron chi connectivity index (χ4n) is 1.06. The largest absolute Gasteiger partial charge is 0.461 e. The van der Waals surface area contributed by atoms with E-state index in [-0.39, 0.29) is 5.97 Å². The molecule has 0 aromatic carbocycles. The van der Waals surface area contributed by atoms with Gasteiger partial charge in [-0.15, -0.1) is 0 Å². The van der Waals surface area contributed by atoms with Crippen LogP contribution in [0, 0.1) is 17.5 Å². The van der Waals surface area contributed by atoms with E-state index in [2.05, 4.69) is 27.6 Å². The van der Waals surface area contributed by atoms with Gasteiger partial charge in [0.1, 0.15) is 5.69 Å². The van der Waals surface area contributed by atoms with Crippen LogP contribution in [0.4, 0.5) is 0 Å². The van der Waals surface area contributed by atoms with Crippen molar-refractivity contribution in [2.75, 3.05) is 6.61 Å². The number of H-pyrrole nitrogens is 1. The van der Waals surface area contributed by atoms with Gasteiger partial charge in [-0.25, -0.2) is 4.79 Å². The normalized spacial score (nSPS) is 10.2. The molecule has 0 aliphatic rings. The summed E-state index contributed by atoms with van der Waals surface area (Å²) in [5, 5.41) is 0. The van der Waals surface area contributed by atoms with E-state index in [4.69, 9.17) is 4.74 Å². The van der Waals surface area contributed by atoms with Gasteiger partial charge in [-0.2, -0.15) is 0 Å². The Kier molecular flexibility index (Phi) is 3.35. The number of hydrogen-bond acceptors (Lipinski definition) is 2.